The van der Waals surface area contributed by atoms with Crippen molar-refractivity contribution < 1.29 is 9.21 Å². The van der Waals surface area contributed by atoms with Gasteiger partial charge in [-0.05, 0) is 42.8 Å². The van der Waals surface area contributed by atoms with Crippen LogP contribution in [0.15, 0.2) is 46.9 Å². The van der Waals surface area contributed by atoms with Gasteiger partial charge in [0.2, 0.25) is 11.8 Å². The zero-order chi connectivity index (χ0) is 22.5. The van der Waals surface area contributed by atoms with E-state index in [4.69, 9.17) is 27.6 Å². The average Bonchev–Trinajstić information content (AvgIpc) is 3.29. The number of benzene rings is 2. The van der Waals surface area contributed by atoms with Crippen molar-refractivity contribution >= 4 is 40.6 Å². The number of aromatic nitrogens is 2. The van der Waals surface area contributed by atoms with Gasteiger partial charge in [0, 0.05) is 43.9 Å². The number of rotatable bonds is 6. The van der Waals surface area contributed by atoms with Crippen LogP contribution < -0.4 is 10.2 Å². The van der Waals surface area contributed by atoms with Gasteiger partial charge in [0.05, 0.1) is 15.7 Å². The molecule has 0 atom stereocenters. The van der Waals surface area contributed by atoms with Gasteiger partial charge >= 0.3 is 6.03 Å². The van der Waals surface area contributed by atoms with Crippen LogP contribution in [0.4, 0.5) is 16.2 Å². The van der Waals surface area contributed by atoms with Crippen molar-refractivity contribution in [2.45, 2.75) is 26.2 Å². The van der Waals surface area contributed by atoms with Gasteiger partial charge in [0.1, 0.15) is 0 Å². The molecule has 1 N–H and O–H groups in total. The number of nitrogens with one attached hydrogen (secondary N) is 1. The molecule has 9 heteroatoms. The zero-order valence-corrected chi connectivity index (χ0v) is 19.4. The number of para-hydroxylation sites is 1. The number of hydrogen-bond donors (Lipinski definition) is 1. The van der Waals surface area contributed by atoms with Crippen molar-refractivity contribution in [3.63, 3.8) is 0 Å². The van der Waals surface area contributed by atoms with Crippen LogP contribution >= 0.6 is 23.2 Å². The number of unbranched alkanes of at least 4 members (excludes halogenated alkanes) is 1. The Bertz CT molecular complexity index is 1040. The molecule has 1 saturated heterocycles. The molecule has 0 spiro atoms. The van der Waals surface area contributed by atoms with Crippen LogP contribution in [0.25, 0.3) is 11.5 Å². The van der Waals surface area contributed by atoms with Gasteiger partial charge in [0.25, 0.3) is 0 Å². The minimum atomic E-state index is -0.203. The quantitative estimate of drug-likeness (QED) is 0.493. The molecule has 3 aromatic rings. The second kappa shape index (κ2) is 10.2. The van der Waals surface area contributed by atoms with Crippen LogP contribution in [-0.4, -0.2) is 47.3 Å². The Morgan fingerprint density at radius 1 is 1.03 bits per heavy atom. The van der Waals surface area contributed by atoms with Crippen molar-refractivity contribution in [1.29, 1.82) is 0 Å². The molecule has 2 heterocycles. The molecule has 1 fully saturated rings. The summed E-state index contributed by atoms with van der Waals surface area (Å²) in [4.78, 5) is 16.7. The molecular weight excluding hydrogens is 449 g/mol. The second-order valence-electron chi connectivity index (χ2n) is 7.65. The lowest BCUT2D eigenvalue weighted by molar-refractivity contribution is 0.208. The van der Waals surface area contributed by atoms with Gasteiger partial charge in [-0.15, -0.1) is 10.2 Å². The predicted octanol–water partition coefficient (Wildman–Crippen LogP) is 5.74. The third-order valence-electron chi connectivity index (χ3n) is 5.45. The Hall–Kier alpha value is -2.77. The fraction of sp³-hybridized carbons (Fsp3) is 0.348. The molecular formula is C23H25Cl2N5O2. The molecule has 4 rings (SSSR count). The molecule has 0 radical (unpaired) electrons. The Balaban J connectivity index is 1.33. The monoisotopic (exact) mass is 473 g/mol. The third kappa shape index (κ3) is 5.16. The number of nitrogens with zero attached hydrogens (tertiary/aromatic N) is 4. The van der Waals surface area contributed by atoms with E-state index >= 15 is 0 Å². The molecule has 0 bridgehead atoms. The van der Waals surface area contributed by atoms with Gasteiger partial charge in [-0.1, -0.05) is 42.6 Å². The summed E-state index contributed by atoms with van der Waals surface area (Å²) in [5.74, 6) is 1.22. The number of amides is 2. The highest BCUT2D eigenvalue weighted by molar-refractivity contribution is 6.39. The number of halogens is 2. The van der Waals surface area contributed by atoms with Crippen molar-refractivity contribution in [3.8, 4) is 11.5 Å². The smallest absolute Gasteiger partial charge is 0.322 e. The van der Waals surface area contributed by atoms with E-state index in [0.717, 1.165) is 43.6 Å². The van der Waals surface area contributed by atoms with Crippen molar-refractivity contribution in [3.05, 3.63) is 58.4 Å². The van der Waals surface area contributed by atoms with E-state index in [1.165, 1.54) is 0 Å². The number of carbonyl (C=O) groups is 1. The molecule has 0 unspecified atom stereocenters. The zero-order valence-electron chi connectivity index (χ0n) is 17.9. The maximum absolute atomic E-state index is 12.6. The first-order valence-electron chi connectivity index (χ1n) is 10.7. The van der Waals surface area contributed by atoms with Crippen molar-refractivity contribution in [1.82, 2.24) is 15.1 Å². The van der Waals surface area contributed by atoms with E-state index in [-0.39, 0.29) is 6.03 Å². The Morgan fingerprint density at radius 2 is 1.72 bits per heavy atom. The van der Waals surface area contributed by atoms with Gasteiger partial charge < -0.3 is 19.5 Å². The standard InChI is InChI=1S/C23H25Cl2N5O2/c1-2-3-7-20-27-28-22(32-20)16-8-10-17(11-9-16)29-12-14-30(15-13-29)23(31)26-21-18(24)5-4-6-19(21)25/h4-6,8-11H,2-3,7,12-15H2,1H3,(H,26,31). The third-order valence-corrected chi connectivity index (χ3v) is 6.08. The van der Waals surface area contributed by atoms with E-state index in [9.17, 15) is 4.79 Å². The molecule has 168 valence electrons. The number of urea groups is 1. The maximum atomic E-state index is 12.6. The summed E-state index contributed by atoms with van der Waals surface area (Å²) in [5, 5.41) is 11.9. The first-order valence-corrected chi connectivity index (χ1v) is 11.5. The second-order valence-corrected chi connectivity index (χ2v) is 8.47. The molecule has 1 aromatic heterocycles. The lowest BCUT2D eigenvalue weighted by atomic mass is 10.2. The molecule has 7 nitrogen and oxygen atoms in total. The summed E-state index contributed by atoms with van der Waals surface area (Å²) in [6.07, 6.45) is 2.94. The number of aryl methyl sites for hydroxylation is 1. The summed E-state index contributed by atoms with van der Waals surface area (Å²) < 4.78 is 5.76. The van der Waals surface area contributed by atoms with Crippen LogP contribution in [-0.2, 0) is 6.42 Å². The lowest BCUT2D eigenvalue weighted by Gasteiger charge is -2.36. The minimum absolute atomic E-state index is 0.203. The first kappa shape index (κ1) is 22.4. The van der Waals surface area contributed by atoms with E-state index in [0.29, 0.717) is 40.6 Å². The molecule has 1 aliphatic heterocycles. The number of anilines is 2. The highest BCUT2D eigenvalue weighted by Crippen LogP contribution is 2.30. The maximum Gasteiger partial charge on any atom is 0.322 e. The molecule has 2 aromatic carbocycles. The lowest BCUT2D eigenvalue weighted by Crippen LogP contribution is -2.50. The summed E-state index contributed by atoms with van der Waals surface area (Å²) >= 11 is 12.3. The molecule has 32 heavy (non-hydrogen) atoms. The summed E-state index contributed by atoms with van der Waals surface area (Å²) in [5.41, 5.74) is 2.44. The summed E-state index contributed by atoms with van der Waals surface area (Å²) in [7, 11) is 0. The van der Waals surface area contributed by atoms with Gasteiger partial charge in [0.15, 0.2) is 0 Å². The van der Waals surface area contributed by atoms with Gasteiger partial charge in [-0.2, -0.15) is 0 Å². The molecule has 0 aliphatic carbocycles. The van der Waals surface area contributed by atoms with E-state index in [1.807, 2.05) is 24.3 Å². The summed E-state index contributed by atoms with van der Waals surface area (Å²) in [6, 6.07) is 13.0. The van der Waals surface area contributed by atoms with Crippen LogP contribution in [0.2, 0.25) is 10.0 Å². The highest BCUT2D eigenvalue weighted by atomic mass is 35.5. The largest absolute Gasteiger partial charge is 0.421 e. The minimum Gasteiger partial charge on any atom is -0.421 e. The van der Waals surface area contributed by atoms with Crippen LogP contribution in [0.1, 0.15) is 25.7 Å². The predicted molar refractivity (Wildman–Crippen MR) is 128 cm³/mol. The SMILES string of the molecule is CCCCc1nnc(-c2ccc(N3CCN(C(=O)Nc4c(Cl)cccc4Cl)CC3)cc2)o1. The van der Waals surface area contributed by atoms with Crippen LogP contribution in [0.5, 0.6) is 0 Å². The Kier molecular flexibility index (Phi) is 7.17. The van der Waals surface area contributed by atoms with Crippen molar-refractivity contribution in [2.24, 2.45) is 0 Å². The van der Waals surface area contributed by atoms with Crippen LogP contribution in [0, 0.1) is 0 Å². The van der Waals surface area contributed by atoms with E-state index < -0.39 is 0 Å². The fourth-order valence-electron chi connectivity index (χ4n) is 3.59. The number of piperazine rings is 1. The molecule has 0 saturated carbocycles. The Morgan fingerprint density at radius 3 is 2.38 bits per heavy atom. The van der Waals surface area contributed by atoms with Crippen molar-refractivity contribution in [2.75, 3.05) is 36.4 Å². The molecule has 1 aliphatic rings. The highest BCUT2D eigenvalue weighted by Gasteiger charge is 2.22. The Labute approximate surface area is 197 Å². The number of hydrogen-bond acceptors (Lipinski definition) is 5. The average molecular weight is 474 g/mol. The van der Waals surface area contributed by atoms with Gasteiger partial charge in [-0.25, -0.2) is 4.79 Å². The van der Waals surface area contributed by atoms with Gasteiger partial charge in [-0.3, -0.25) is 0 Å². The van der Waals surface area contributed by atoms with Crippen LogP contribution in [0.3, 0.4) is 0 Å². The first-order chi connectivity index (χ1) is 15.5. The normalized spacial score (nSPS) is 14.0. The van der Waals surface area contributed by atoms with E-state index in [1.54, 1.807) is 23.1 Å². The number of carbonyl (C=O) groups excluding carboxylic acids is 1. The van der Waals surface area contributed by atoms with E-state index in [2.05, 4.69) is 27.3 Å². The fourth-order valence-corrected chi connectivity index (χ4v) is 4.08. The molecule has 2 amide bonds. The summed E-state index contributed by atoms with van der Waals surface area (Å²) in [6.45, 7) is 4.78. The topological polar surface area (TPSA) is 74.5 Å².